The minimum absolute atomic E-state index is 0.385. The predicted octanol–water partition coefficient (Wildman–Crippen LogP) is 3.65. The van der Waals surface area contributed by atoms with Crippen LogP contribution in [-0.4, -0.2) is 46.9 Å². The first-order chi connectivity index (χ1) is 14.5. The van der Waals surface area contributed by atoms with Crippen LogP contribution in [0.15, 0.2) is 35.3 Å². The number of anilines is 1. The fraction of sp³-hybridized carbons (Fsp3) is 0.609. The summed E-state index contributed by atoms with van der Waals surface area (Å²) < 4.78 is 1.99. The van der Waals surface area contributed by atoms with Gasteiger partial charge < -0.3 is 20.1 Å². The molecule has 1 aromatic heterocycles. The summed E-state index contributed by atoms with van der Waals surface area (Å²) in [6.07, 6.45) is 5.93. The summed E-state index contributed by atoms with van der Waals surface area (Å²) in [5.74, 6) is 2.62. The predicted molar refractivity (Wildman–Crippen MR) is 126 cm³/mol. The zero-order chi connectivity index (χ0) is 21.8. The van der Waals surface area contributed by atoms with Gasteiger partial charge in [0.25, 0.3) is 0 Å². The Balaban J connectivity index is 1.87. The number of hydrogen-bond acceptors (Lipinski definition) is 4. The van der Waals surface area contributed by atoms with E-state index >= 15 is 0 Å². The molecule has 0 aliphatic rings. The van der Waals surface area contributed by atoms with E-state index in [1.165, 1.54) is 24.9 Å². The molecule has 1 unspecified atom stereocenters. The van der Waals surface area contributed by atoms with Crippen molar-refractivity contribution in [3.63, 3.8) is 0 Å². The molecule has 7 nitrogen and oxygen atoms in total. The molecule has 0 aliphatic heterocycles. The van der Waals surface area contributed by atoms with Crippen LogP contribution in [0, 0.1) is 6.92 Å². The summed E-state index contributed by atoms with van der Waals surface area (Å²) in [5, 5.41) is 15.4. The number of nitrogens with one attached hydrogen (secondary N) is 2. The van der Waals surface area contributed by atoms with Gasteiger partial charge in [-0.2, -0.15) is 0 Å². The highest BCUT2D eigenvalue weighted by atomic mass is 15.3. The zero-order valence-corrected chi connectivity index (χ0v) is 19.4. The van der Waals surface area contributed by atoms with Gasteiger partial charge >= 0.3 is 0 Å². The van der Waals surface area contributed by atoms with Gasteiger partial charge in [0.15, 0.2) is 11.8 Å². The molecular weight excluding hydrogens is 374 g/mol. The van der Waals surface area contributed by atoms with Gasteiger partial charge in [-0.25, -0.2) is 4.99 Å². The molecule has 0 fully saturated rings. The Morgan fingerprint density at radius 2 is 1.93 bits per heavy atom. The largest absolute Gasteiger partial charge is 0.375 e. The van der Waals surface area contributed by atoms with Crippen LogP contribution in [0.4, 0.5) is 5.69 Å². The van der Waals surface area contributed by atoms with E-state index < -0.39 is 0 Å². The summed E-state index contributed by atoms with van der Waals surface area (Å²) in [6, 6.07) is 10.9. The molecule has 0 spiro atoms. The average Bonchev–Trinajstić information content (AvgIpc) is 3.07. The smallest absolute Gasteiger partial charge is 0.191 e. The van der Waals surface area contributed by atoms with Crippen LogP contribution >= 0.6 is 0 Å². The second-order valence-electron chi connectivity index (χ2n) is 7.97. The second-order valence-corrected chi connectivity index (χ2v) is 7.97. The minimum Gasteiger partial charge on any atom is -0.375 e. The van der Waals surface area contributed by atoms with Gasteiger partial charge in [-0.05, 0) is 38.8 Å². The highest BCUT2D eigenvalue weighted by Gasteiger charge is 2.08. The maximum atomic E-state index is 4.77. The molecule has 166 valence electrons. The lowest BCUT2D eigenvalue weighted by atomic mass is 10.1. The SMILES string of the molecule is CCCCCC(C)NC(=NCc1nnc(C)n1C)NCCCN(C)c1ccccc1. The van der Waals surface area contributed by atoms with Crippen molar-refractivity contribution in [1.29, 1.82) is 0 Å². The Bertz CT molecular complexity index is 754. The molecule has 1 aromatic carbocycles. The summed E-state index contributed by atoms with van der Waals surface area (Å²) in [6.45, 7) is 8.78. The number of nitrogens with zero attached hydrogens (tertiary/aromatic N) is 5. The Morgan fingerprint density at radius 3 is 2.60 bits per heavy atom. The zero-order valence-electron chi connectivity index (χ0n) is 19.4. The third kappa shape index (κ3) is 8.05. The number of rotatable bonds is 12. The highest BCUT2D eigenvalue weighted by Crippen LogP contribution is 2.10. The maximum Gasteiger partial charge on any atom is 0.191 e. The van der Waals surface area contributed by atoms with Gasteiger partial charge in [0.1, 0.15) is 12.4 Å². The number of aryl methyl sites for hydroxylation is 1. The summed E-state index contributed by atoms with van der Waals surface area (Å²) in [7, 11) is 4.11. The molecule has 0 bridgehead atoms. The third-order valence-corrected chi connectivity index (χ3v) is 5.34. The first kappa shape index (κ1) is 23.7. The van der Waals surface area contributed by atoms with E-state index in [1.807, 2.05) is 24.6 Å². The number of aliphatic imine (C=N–C) groups is 1. The van der Waals surface area contributed by atoms with Crippen molar-refractivity contribution < 1.29 is 0 Å². The van der Waals surface area contributed by atoms with E-state index in [1.54, 1.807) is 0 Å². The summed E-state index contributed by atoms with van der Waals surface area (Å²) >= 11 is 0. The van der Waals surface area contributed by atoms with E-state index in [9.17, 15) is 0 Å². The summed E-state index contributed by atoms with van der Waals surface area (Å²) in [5.41, 5.74) is 1.24. The molecule has 2 aromatic rings. The Morgan fingerprint density at radius 1 is 1.17 bits per heavy atom. The molecule has 30 heavy (non-hydrogen) atoms. The van der Waals surface area contributed by atoms with Crippen molar-refractivity contribution in [2.45, 2.75) is 65.5 Å². The Kier molecular flexibility index (Phi) is 10.2. The van der Waals surface area contributed by atoms with Crippen molar-refractivity contribution in [3.05, 3.63) is 42.0 Å². The maximum absolute atomic E-state index is 4.77. The normalized spacial score (nSPS) is 12.6. The topological polar surface area (TPSA) is 70.4 Å². The number of guanidine groups is 1. The van der Waals surface area contributed by atoms with Crippen LogP contribution in [0.25, 0.3) is 0 Å². The van der Waals surface area contributed by atoms with Crippen molar-refractivity contribution in [2.24, 2.45) is 12.0 Å². The van der Waals surface area contributed by atoms with Crippen LogP contribution in [0.5, 0.6) is 0 Å². The van der Waals surface area contributed by atoms with E-state index in [0.29, 0.717) is 12.6 Å². The van der Waals surface area contributed by atoms with Gasteiger partial charge in [0.2, 0.25) is 0 Å². The van der Waals surface area contributed by atoms with Gasteiger partial charge in [-0.1, -0.05) is 44.4 Å². The van der Waals surface area contributed by atoms with Crippen LogP contribution in [0.1, 0.15) is 57.6 Å². The van der Waals surface area contributed by atoms with E-state index in [2.05, 4.69) is 70.9 Å². The molecule has 1 heterocycles. The molecule has 0 aliphatic carbocycles. The first-order valence-corrected chi connectivity index (χ1v) is 11.2. The van der Waals surface area contributed by atoms with Gasteiger partial charge in [-0.3, -0.25) is 0 Å². The minimum atomic E-state index is 0.385. The van der Waals surface area contributed by atoms with Gasteiger partial charge in [0.05, 0.1) is 0 Å². The van der Waals surface area contributed by atoms with E-state index in [0.717, 1.165) is 43.5 Å². The molecule has 7 heteroatoms. The monoisotopic (exact) mass is 413 g/mol. The molecule has 0 amide bonds. The first-order valence-electron chi connectivity index (χ1n) is 11.2. The average molecular weight is 414 g/mol. The molecule has 0 radical (unpaired) electrons. The van der Waals surface area contributed by atoms with Crippen LogP contribution in [0.2, 0.25) is 0 Å². The van der Waals surface area contributed by atoms with Crippen molar-refractivity contribution >= 4 is 11.6 Å². The Labute approximate surface area is 182 Å². The lowest BCUT2D eigenvalue weighted by molar-refractivity contribution is 0.544. The van der Waals surface area contributed by atoms with E-state index in [-0.39, 0.29) is 0 Å². The van der Waals surface area contributed by atoms with E-state index in [4.69, 9.17) is 4.99 Å². The number of para-hydroxylation sites is 1. The van der Waals surface area contributed by atoms with Crippen LogP contribution in [0.3, 0.4) is 0 Å². The number of unbranched alkanes of at least 4 members (excludes halogenated alkanes) is 2. The fourth-order valence-electron chi connectivity index (χ4n) is 3.23. The molecule has 2 rings (SSSR count). The van der Waals surface area contributed by atoms with Crippen LogP contribution < -0.4 is 15.5 Å². The van der Waals surface area contributed by atoms with Crippen molar-refractivity contribution in [1.82, 2.24) is 25.4 Å². The van der Waals surface area contributed by atoms with Gasteiger partial charge in [-0.15, -0.1) is 10.2 Å². The fourth-order valence-corrected chi connectivity index (χ4v) is 3.23. The standard InChI is InChI=1S/C23H39N7/c1-6-7-9-13-19(2)26-23(25-18-22-28-27-20(3)30(22)5)24-16-12-17-29(4)21-14-10-8-11-15-21/h8,10-11,14-15,19H,6-7,9,12-13,16-18H2,1-5H3,(H2,24,25,26). The van der Waals surface area contributed by atoms with Crippen molar-refractivity contribution in [2.75, 3.05) is 25.0 Å². The quantitative estimate of drug-likeness (QED) is 0.316. The molecule has 2 N–H and O–H groups in total. The Hall–Kier alpha value is -2.57. The molecule has 0 saturated carbocycles. The highest BCUT2D eigenvalue weighted by molar-refractivity contribution is 5.80. The summed E-state index contributed by atoms with van der Waals surface area (Å²) in [4.78, 5) is 7.05. The molecule has 0 saturated heterocycles. The third-order valence-electron chi connectivity index (χ3n) is 5.34. The second kappa shape index (κ2) is 12.9. The molecular formula is C23H39N7. The number of benzene rings is 1. The number of hydrogen-bond donors (Lipinski definition) is 2. The molecule has 1 atom stereocenters. The lowest BCUT2D eigenvalue weighted by Crippen LogP contribution is -2.43. The van der Waals surface area contributed by atoms with Crippen LogP contribution in [-0.2, 0) is 13.6 Å². The lowest BCUT2D eigenvalue weighted by Gasteiger charge is -2.21. The van der Waals surface area contributed by atoms with Gasteiger partial charge in [0, 0.05) is 38.9 Å². The number of aromatic nitrogens is 3. The van der Waals surface area contributed by atoms with Crippen molar-refractivity contribution in [3.8, 4) is 0 Å².